The second kappa shape index (κ2) is 5.38. The third kappa shape index (κ3) is 2.78. The Bertz CT molecular complexity index is 342. The van der Waals surface area contributed by atoms with Crippen molar-refractivity contribution in [3.8, 4) is 0 Å². The van der Waals surface area contributed by atoms with E-state index in [9.17, 15) is 9.90 Å². The molecule has 19 heavy (non-hydrogen) atoms. The van der Waals surface area contributed by atoms with Gasteiger partial charge in [0.2, 0.25) is 5.91 Å². The third-order valence-corrected chi connectivity index (χ3v) is 5.16. The lowest BCUT2D eigenvalue weighted by molar-refractivity contribution is -0.132. The summed E-state index contributed by atoms with van der Waals surface area (Å²) in [6.07, 6.45) is 3.81. The van der Waals surface area contributed by atoms with Gasteiger partial charge in [0.15, 0.2) is 0 Å². The first-order valence-corrected chi connectivity index (χ1v) is 7.57. The van der Waals surface area contributed by atoms with Gasteiger partial charge in [0.1, 0.15) is 0 Å². The van der Waals surface area contributed by atoms with Crippen molar-refractivity contribution in [3.05, 3.63) is 0 Å². The maximum atomic E-state index is 12.3. The zero-order chi connectivity index (χ0) is 13.4. The Balaban J connectivity index is 1.49. The predicted octanol–water partition coefficient (Wildman–Crippen LogP) is -0.361. The molecule has 1 amide bonds. The average Bonchev–Trinajstić information content (AvgIpc) is 2.95. The fourth-order valence-corrected chi connectivity index (χ4v) is 3.84. The molecule has 0 bridgehead atoms. The summed E-state index contributed by atoms with van der Waals surface area (Å²) in [7, 11) is 0. The number of fused-ring (bicyclic) bond motifs is 1. The van der Waals surface area contributed by atoms with Gasteiger partial charge in [0.25, 0.3) is 0 Å². The maximum Gasteiger partial charge on any atom is 0.236 e. The van der Waals surface area contributed by atoms with Gasteiger partial charge in [-0.3, -0.25) is 9.69 Å². The van der Waals surface area contributed by atoms with Crippen LogP contribution in [-0.2, 0) is 4.79 Å². The Hall–Kier alpha value is -0.650. The molecule has 3 aliphatic rings. The van der Waals surface area contributed by atoms with Crippen molar-refractivity contribution >= 4 is 5.91 Å². The first kappa shape index (κ1) is 13.3. The molecule has 0 aromatic heterocycles. The minimum atomic E-state index is -0.184. The Morgan fingerprint density at radius 1 is 1.16 bits per heavy atom. The number of hydrogen-bond donors (Lipinski definition) is 2. The number of carbonyl (C=O) groups is 1. The van der Waals surface area contributed by atoms with Crippen molar-refractivity contribution in [1.29, 1.82) is 0 Å². The van der Waals surface area contributed by atoms with E-state index in [0.29, 0.717) is 24.4 Å². The standard InChI is InChI=1S/C14H25N3O2/c15-11-3-5-16(6-4-11)9-14(19)17-7-10-1-2-13(18)12(10)8-17/h10-13,18H,1-9,15H2. The van der Waals surface area contributed by atoms with Gasteiger partial charge in [0, 0.05) is 38.1 Å². The largest absolute Gasteiger partial charge is 0.393 e. The summed E-state index contributed by atoms with van der Waals surface area (Å²) >= 11 is 0. The van der Waals surface area contributed by atoms with E-state index < -0.39 is 0 Å². The molecule has 2 heterocycles. The predicted molar refractivity (Wildman–Crippen MR) is 72.5 cm³/mol. The van der Waals surface area contributed by atoms with Crippen molar-refractivity contribution in [1.82, 2.24) is 9.80 Å². The van der Waals surface area contributed by atoms with Crippen LogP contribution >= 0.6 is 0 Å². The second-order valence-electron chi connectivity index (χ2n) is 6.48. The molecule has 3 atom stereocenters. The highest BCUT2D eigenvalue weighted by Gasteiger charge is 2.43. The first-order chi connectivity index (χ1) is 9.13. The number of rotatable bonds is 2. The Morgan fingerprint density at radius 3 is 2.58 bits per heavy atom. The first-order valence-electron chi connectivity index (χ1n) is 7.57. The summed E-state index contributed by atoms with van der Waals surface area (Å²) in [6.45, 7) is 4.03. The lowest BCUT2D eigenvalue weighted by Crippen LogP contribution is -2.45. The molecular weight excluding hydrogens is 242 g/mol. The van der Waals surface area contributed by atoms with E-state index in [1.807, 2.05) is 4.90 Å². The average molecular weight is 267 g/mol. The maximum absolute atomic E-state index is 12.3. The van der Waals surface area contributed by atoms with Crippen LogP contribution in [0, 0.1) is 11.8 Å². The Morgan fingerprint density at radius 2 is 1.89 bits per heavy atom. The van der Waals surface area contributed by atoms with E-state index in [0.717, 1.165) is 51.9 Å². The molecule has 108 valence electrons. The molecule has 3 fully saturated rings. The number of amides is 1. The number of likely N-dealkylation sites (tertiary alicyclic amines) is 2. The molecule has 3 unspecified atom stereocenters. The van der Waals surface area contributed by atoms with Crippen molar-refractivity contribution in [2.75, 3.05) is 32.7 Å². The van der Waals surface area contributed by atoms with Crippen LogP contribution < -0.4 is 5.73 Å². The van der Waals surface area contributed by atoms with E-state index in [2.05, 4.69) is 4.90 Å². The molecule has 5 nitrogen and oxygen atoms in total. The van der Waals surface area contributed by atoms with Crippen LogP contribution in [0.15, 0.2) is 0 Å². The van der Waals surface area contributed by atoms with Crippen LogP contribution in [0.25, 0.3) is 0 Å². The SMILES string of the molecule is NC1CCN(CC(=O)N2CC3CCC(O)C3C2)CC1. The van der Waals surface area contributed by atoms with Crippen molar-refractivity contribution in [3.63, 3.8) is 0 Å². The molecule has 1 aliphatic carbocycles. The molecular formula is C14H25N3O2. The number of nitrogens with two attached hydrogens (primary N) is 1. The van der Waals surface area contributed by atoms with Crippen LogP contribution in [0.2, 0.25) is 0 Å². The molecule has 1 saturated carbocycles. The number of aliphatic hydroxyl groups excluding tert-OH is 1. The highest BCUT2D eigenvalue weighted by Crippen LogP contribution is 2.38. The van der Waals surface area contributed by atoms with E-state index in [4.69, 9.17) is 5.73 Å². The van der Waals surface area contributed by atoms with Crippen LogP contribution in [0.5, 0.6) is 0 Å². The summed E-state index contributed by atoms with van der Waals surface area (Å²) in [6, 6.07) is 0.313. The number of carbonyl (C=O) groups excluding carboxylic acids is 1. The van der Waals surface area contributed by atoms with Gasteiger partial charge in [0.05, 0.1) is 12.6 Å². The van der Waals surface area contributed by atoms with Gasteiger partial charge < -0.3 is 15.7 Å². The van der Waals surface area contributed by atoms with Gasteiger partial charge in [-0.05, 0) is 31.6 Å². The van der Waals surface area contributed by atoms with E-state index in [1.165, 1.54) is 0 Å². The Labute approximate surface area is 114 Å². The molecule has 0 aromatic carbocycles. The van der Waals surface area contributed by atoms with Gasteiger partial charge in [-0.2, -0.15) is 0 Å². The minimum absolute atomic E-state index is 0.184. The fraction of sp³-hybridized carbons (Fsp3) is 0.929. The van der Waals surface area contributed by atoms with Gasteiger partial charge in [-0.15, -0.1) is 0 Å². The van der Waals surface area contributed by atoms with Crippen molar-refractivity contribution in [2.24, 2.45) is 17.6 Å². The number of aliphatic hydroxyl groups is 1. The molecule has 0 spiro atoms. The molecule has 0 aromatic rings. The molecule has 5 heteroatoms. The van der Waals surface area contributed by atoms with Crippen LogP contribution in [0.4, 0.5) is 0 Å². The zero-order valence-electron chi connectivity index (χ0n) is 11.5. The second-order valence-corrected chi connectivity index (χ2v) is 6.48. The molecule has 3 N–H and O–H groups in total. The smallest absolute Gasteiger partial charge is 0.236 e. The van der Waals surface area contributed by atoms with E-state index in [1.54, 1.807) is 0 Å². The highest BCUT2D eigenvalue weighted by molar-refractivity contribution is 5.78. The quantitative estimate of drug-likeness (QED) is 0.717. The van der Waals surface area contributed by atoms with Crippen molar-refractivity contribution in [2.45, 2.75) is 37.8 Å². The minimum Gasteiger partial charge on any atom is -0.393 e. The zero-order valence-corrected chi connectivity index (χ0v) is 11.5. The summed E-state index contributed by atoms with van der Waals surface area (Å²) in [5.41, 5.74) is 5.88. The fourth-order valence-electron chi connectivity index (χ4n) is 3.84. The normalized spacial score (nSPS) is 36.7. The van der Waals surface area contributed by atoms with E-state index in [-0.39, 0.29) is 12.0 Å². The summed E-state index contributed by atoms with van der Waals surface area (Å²) in [5, 5.41) is 9.89. The van der Waals surface area contributed by atoms with Crippen LogP contribution in [0.3, 0.4) is 0 Å². The van der Waals surface area contributed by atoms with Gasteiger partial charge in [-0.25, -0.2) is 0 Å². The molecule has 3 rings (SSSR count). The lowest BCUT2D eigenvalue weighted by atomic mass is 10.00. The van der Waals surface area contributed by atoms with Gasteiger partial charge in [-0.1, -0.05) is 0 Å². The highest BCUT2D eigenvalue weighted by atomic mass is 16.3. The monoisotopic (exact) mass is 267 g/mol. The summed E-state index contributed by atoms with van der Waals surface area (Å²) in [4.78, 5) is 16.5. The lowest BCUT2D eigenvalue weighted by Gasteiger charge is -2.31. The van der Waals surface area contributed by atoms with Crippen molar-refractivity contribution < 1.29 is 9.90 Å². The number of hydrogen-bond acceptors (Lipinski definition) is 4. The summed E-state index contributed by atoms with van der Waals surface area (Å²) < 4.78 is 0. The number of piperidine rings is 1. The molecule has 0 radical (unpaired) electrons. The third-order valence-electron chi connectivity index (χ3n) is 5.16. The molecule has 2 aliphatic heterocycles. The summed E-state index contributed by atoms with van der Waals surface area (Å²) in [5.74, 6) is 1.10. The van der Waals surface area contributed by atoms with Gasteiger partial charge >= 0.3 is 0 Å². The topological polar surface area (TPSA) is 69.8 Å². The van der Waals surface area contributed by atoms with Crippen LogP contribution in [-0.4, -0.2) is 65.7 Å². The van der Waals surface area contributed by atoms with E-state index >= 15 is 0 Å². The Kier molecular flexibility index (Phi) is 3.78. The number of nitrogens with zero attached hydrogens (tertiary/aromatic N) is 2. The van der Waals surface area contributed by atoms with Crippen LogP contribution in [0.1, 0.15) is 25.7 Å². The molecule has 2 saturated heterocycles.